The fourth-order valence-corrected chi connectivity index (χ4v) is 2.40. The second kappa shape index (κ2) is 7.78. The average molecular weight is 393 g/mol. The van der Waals surface area contributed by atoms with E-state index in [-0.39, 0.29) is 42.0 Å². The van der Waals surface area contributed by atoms with E-state index in [4.69, 9.17) is 4.74 Å². The summed E-state index contributed by atoms with van der Waals surface area (Å²) < 4.78 is 18.9. The lowest BCUT2D eigenvalue weighted by Crippen LogP contribution is -2.49. The van der Waals surface area contributed by atoms with Crippen LogP contribution in [-0.2, 0) is 4.74 Å². The molecule has 112 valence electrons. The van der Waals surface area contributed by atoms with Crippen LogP contribution in [0.25, 0.3) is 0 Å². The Bertz CT molecular complexity index is 452. The largest absolute Gasteiger partial charge is 0.367 e. The summed E-state index contributed by atoms with van der Waals surface area (Å²) in [5, 5.41) is 3.08. The molecule has 0 amide bonds. The number of halogens is 2. The minimum atomic E-state index is -0.226. The molecule has 0 saturated carbocycles. The second-order valence-corrected chi connectivity index (χ2v) is 4.69. The van der Waals surface area contributed by atoms with Gasteiger partial charge in [0.05, 0.1) is 12.6 Å². The molecule has 4 nitrogen and oxygen atoms in total. The predicted octanol–water partition coefficient (Wildman–Crippen LogP) is 2.41. The molecule has 1 N–H and O–H groups in total. The van der Waals surface area contributed by atoms with E-state index in [1.54, 1.807) is 19.2 Å². The van der Waals surface area contributed by atoms with Crippen molar-refractivity contribution in [2.24, 2.45) is 4.99 Å². The summed E-state index contributed by atoms with van der Waals surface area (Å²) in [6, 6.07) is 6.49. The molecule has 6 heteroatoms. The lowest BCUT2D eigenvalue weighted by atomic mass is 10.1. The first kappa shape index (κ1) is 17.2. The van der Waals surface area contributed by atoms with Crippen molar-refractivity contribution < 1.29 is 9.13 Å². The van der Waals surface area contributed by atoms with Crippen LogP contribution in [0, 0.1) is 5.82 Å². The van der Waals surface area contributed by atoms with Gasteiger partial charge in [0.2, 0.25) is 0 Å². The first-order valence-corrected chi connectivity index (χ1v) is 6.44. The highest BCUT2D eigenvalue weighted by Gasteiger charge is 2.27. The Morgan fingerprint density at radius 3 is 2.55 bits per heavy atom. The molecule has 0 aliphatic carbocycles. The van der Waals surface area contributed by atoms with Gasteiger partial charge in [-0.15, -0.1) is 24.0 Å². The maximum absolute atomic E-state index is 13.0. The van der Waals surface area contributed by atoms with Crippen molar-refractivity contribution in [2.45, 2.75) is 19.1 Å². The third-order valence-electron chi connectivity index (χ3n) is 3.24. The lowest BCUT2D eigenvalue weighted by Gasteiger charge is -2.38. The van der Waals surface area contributed by atoms with Crippen LogP contribution in [0.5, 0.6) is 0 Å². The lowest BCUT2D eigenvalue weighted by molar-refractivity contribution is -0.0604. The van der Waals surface area contributed by atoms with Crippen molar-refractivity contribution in [3.05, 3.63) is 35.6 Å². The number of hydrogen-bond donors (Lipinski definition) is 1. The highest BCUT2D eigenvalue weighted by molar-refractivity contribution is 14.0. The van der Waals surface area contributed by atoms with Gasteiger partial charge in [0, 0.05) is 20.6 Å². The SMILES string of the molecule is CN=C(NC)N1CC(C)OC(c2ccc(F)cc2)C1.I. The van der Waals surface area contributed by atoms with Crippen molar-refractivity contribution in [3.63, 3.8) is 0 Å². The molecule has 1 saturated heterocycles. The van der Waals surface area contributed by atoms with Crippen LogP contribution in [-0.4, -0.2) is 44.1 Å². The zero-order chi connectivity index (χ0) is 13.8. The summed E-state index contributed by atoms with van der Waals surface area (Å²) in [4.78, 5) is 6.38. The molecule has 1 aliphatic rings. The van der Waals surface area contributed by atoms with Crippen LogP contribution in [0.4, 0.5) is 4.39 Å². The Morgan fingerprint density at radius 2 is 2.00 bits per heavy atom. The minimum absolute atomic E-state index is 0. The van der Waals surface area contributed by atoms with E-state index < -0.39 is 0 Å². The third-order valence-corrected chi connectivity index (χ3v) is 3.24. The van der Waals surface area contributed by atoms with Gasteiger partial charge in [0.25, 0.3) is 0 Å². The van der Waals surface area contributed by atoms with Crippen LogP contribution < -0.4 is 5.32 Å². The predicted molar refractivity (Wildman–Crippen MR) is 89.1 cm³/mol. The summed E-state index contributed by atoms with van der Waals surface area (Å²) in [6.07, 6.45) is 0.0448. The summed E-state index contributed by atoms with van der Waals surface area (Å²) in [6.45, 7) is 3.54. The fourth-order valence-electron chi connectivity index (χ4n) is 2.40. The maximum atomic E-state index is 13.0. The van der Waals surface area contributed by atoms with Gasteiger partial charge in [-0.3, -0.25) is 4.99 Å². The molecule has 1 fully saturated rings. The van der Waals surface area contributed by atoms with Crippen LogP contribution in [0.15, 0.2) is 29.3 Å². The molecule has 2 rings (SSSR count). The molecule has 20 heavy (non-hydrogen) atoms. The average Bonchev–Trinajstić information content (AvgIpc) is 2.40. The fraction of sp³-hybridized carbons (Fsp3) is 0.500. The minimum Gasteiger partial charge on any atom is -0.367 e. The van der Waals surface area contributed by atoms with Gasteiger partial charge in [-0.2, -0.15) is 0 Å². The number of benzene rings is 1. The molecule has 1 aromatic carbocycles. The van der Waals surface area contributed by atoms with Crippen molar-refractivity contribution in [2.75, 3.05) is 27.2 Å². The number of nitrogens with one attached hydrogen (secondary N) is 1. The Balaban J connectivity index is 0.00000200. The third kappa shape index (κ3) is 4.05. The monoisotopic (exact) mass is 393 g/mol. The first-order chi connectivity index (χ1) is 9.13. The molecule has 1 aromatic rings. The van der Waals surface area contributed by atoms with E-state index in [0.29, 0.717) is 6.54 Å². The van der Waals surface area contributed by atoms with Crippen LogP contribution in [0.3, 0.4) is 0 Å². The van der Waals surface area contributed by atoms with E-state index in [9.17, 15) is 4.39 Å². The van der Waals surface area contributed by atoms with E-state index in [0.717, 1.165) is 18.1 Å². The highest BCUT2D eigenvalue weighted by Crippen LogP contribution is 2.25. The van der Waals surface area contributed by atoms with E-state index in [1.165, 1.54) is 12.1 Å². The number of nitrogens with zero attached hydrogens (tertiary/aromatic N) is 2. The molecular formula is C14H21FIN3O. The Morgan fingerprint density at radius 1 is 1.35 bits per heavy atom. The zero-order valence-electron chi connectivity index (χ0n) is 12.0. The standard InChI is InChI=1S/C14H20FN3O.HI/c1-10-8-18(14(16-2)17-3)9-13(19-10)11-4-6-12(15)7-5-11;/h4-7,10,13H,8-9H2,1-3H3,(H,16,17);1H. The zero-order valence-corrected chi connectivity index (χ0v) is 14.3. The molecule has 0 aromatic heterocycles. The quantitative estimate of drug-likeness (QED) is 0.453. The molecule has 1 heterocycles. The number of ether oxygens (including phenoxy) is 1. The van der Waals surface area contributed by atoms with Gasteiger partial charge in [0.1, 0.15) is 11.9 Å². The van der Waals surface area contributed by atoms with Gasteiger partial charge in [-0.25, -0.2) is 4.39 Å². The van der Waals surface area contributed by atoms with Gasteiger partial charge in [-0.1, -0.05) is 12.1 Å². The normalized spacial score (nSPS) is 23.2. The topological polar surface area (TPSA) is 36.9 Å². The van der Waals surface area contributed by atoms with Crippen molar-refractivity contribution in [1.82, 2.24) is 10.2 Å². The van der Waals surface area contributed by atoms with E-state index in [1.807, 2.05) is 14.0 Å². The number of guanidine groups is 1. The Kier molecular flexibility index (Phi) is 6.67. The van der Waals surface area contributed by atoms with Crippen molar-refractivity contribution in [1.29, 1.82) is 0 Å². The number of morpholine rings is 1. The maximum Gasteiger partial charge on any atom is 0.193 e. The Hall–Kier alpha value is -0.890. The number of rotatable bonds is 1. The smallest absolute Gasteiger partial charge is 0.193 e. The van der Waals surface area contributed by atoms with Gasteiger partial charge in [-0.05, 0) is 24.6 Å². The van der Waals surface area contributed by atoms with E-state index in [2.05, 4.69) is 15.2 Å². The number of aliphatic imine (C=N–C) groups is 1. The molecule has 1 aliphatic heterocycles. The molecule has 0 spiro atoms. The van der Waals surface area contributed by atoms with Crippen LogP contribution >= 0.6 is 24.0 Å². The molecule has 2 unspecified atom stereocenters. The molecule has 0 bridgehead atoms. The van der Waals surface area contributed by atoms with Crippen LogP contribution in [0.2, 0.25) is 0 Å². The Labute approximate surface area is 136 Å². The van der Waals surface area contributed by atoms with Gasteiger partial charge in [0.15, 0.2) is 5.96 Å². The second-order valence-electron chi connectivity index (χ2n) is 4.69. The first-order valence-electron chi connectivity index (χ1n) is 6.44. The van der Waals surface area contributed by atoms with Crippen LogP contribution in [0.1, 0.15) is 18.6 Å². The summed E-state index contributed by atoms with van der Waals surface area (Å²) in [7, 11) is 3.62. The number of hydrogen-bond acceptors (Lipinski definition) is 2. The van der Waals surface area contributed by atoms with E-state index >= 15 is 0 Å². The van der Waals surface area contributed by atoms with Gasteiger partial charge >= 0.3 is 0 Å². The summed E-state index contributed by atoms with van der Waals surface area (Å²) in [5.74, 6) is 0.623. The van der Waals surface area contributed by atoms with Crippen molar-refractivity contribution >= 4 is 29.9 Å². The molecular weight excluding hydrogens is 372 g/mol. The van der Waals surface area contributed by atoms with Crippen molar-refractivity contribution in [3.8, 4) is 0 Å². The summed E-state index contributed by atoms with van der Waals surface area (Å²) >= 11 is 0. The highest BCUT2D eigenvalue weighted by atomic mass is 127. The molecule has 0 radical (unpaired) electrons. The summed E-state index contributed by atoms with van der Waals surface area (Å²) in [5.41, 5.74) is 0.990. The van der Waals surface area contributed by atoms with Gasteiger partial charge < -0.3 is 15.0 Å². The molecule has 2 atom stereocenters.